The summed E-state index contributed by atoms with van der Waals surface area (Å²) in [6.45, 7) is 6.64. The van der Waals surface area contributed by atoms with Crippen LogP contribution in [0, 0.1) is 0 Å². The van der Waals surface area contributed by atoms with Gasteiger partial charge in [0.05, 0.1) is 6.54 Å². The topological polar surface area (TPSA) is 69.2 Å². The van der Waals surface area contributed by atoms with Gasteiger partial charge in [0.15, 0.2) is 0 Å². The highest BCUT2D eigenvalue weighted by molar-refractivity contribution is 5.96. The fourth-order valence-corrected chi connectivity index (χ4v) is 4.89. The van der Waals surface area contributed by atoms with Crippen LogP contribution in [0.2, 0.25) is 0 Å². The van der Waals surface area contributed by atoms with Crippen LogP contribution in [0.5, 0.6) is 11.6 Å². The summed E-state index contributed by atoms with van der Waals surface area (Å²) >= 11 is 0. The van der Waals surface area contributed by atoms with E-state index in [2.05, 4.69) is 14.8 Å². The van der Waals surface area contributed by atoms with Crippen molar-refractivity contribution in [2.24, 2.45) is 0 Å². The zero-order chi connectivity index (χ0) is 23.3. The minimum atomic E-state index is -0.0860. The summed E-state index contributed by atoms with van der Waals surface area (Å²) in [5.74, 6) is 1.08. The fraction of sp³-hybridized carbons (Fsp3) is 0.500. The van der Waals surface area contributed by atoms with Gasteiger partial charge in [0.2, 0.25) is 11.8 Å². The molecule has 2 aliphatic heterocycles. The Bertz CT molecular complexity index is 981. The summed E-state index contributed by atoms with van der Waals surface area (Å²) in [5, 5.41) is 0. The number of aromatic nitrogens is 1. The summed E-state index contributed by atoms with van der Waals surface area (Å²) in [5.41, 5.74) is 0.459. The summed E-state index contributed by atoms with van der Waals surface area (Å²) < 4.78 is 5.87. The van der Waals surface area contributed by atoms with E-state index in [1.54, 1.807) is 18.3 Å². The summed E-state index contributed by atoms with van der Waals surface area (Å²) in [7, 11) is 0. The lowest BCUT2D eigenvalue weighted by molar-refractivity contribution is -0.135. The molecule has 1 aromatic heterocycles. The highest BCUT2D eigenvalue weighted by Crippen LogP contribution is 2.26. The predicted molar refractivity (Wildman–Crippen MR) is 129 cm³/mol. The van der Waals surface area contributed by atoms with Gasteiger partial charge in [0.1, 0.15) is 11.3 Å². The number of pyridine rings is 1. The maximum absolute atomic E-state index is 13.2. The average Bonchev–Trinajstić information content (AvgIpc) is 2.84. The number of nitrogens with zero attached hydrogens (tertiary/aromatic N) is 5. The van der Waals surface area contributed by atoms with Crippen molar-refractivity contribution in [3.8, 4) is 11.6 Å². The first kappa shape index (κ1) is 22.8. The van der Waals surface area contributed by atoms with Crippen LogP contribution in [0.15, 0.2) is 48.7 Å². The van der Waals surface area contributed by atoms with Crippen molar-refractivity contribution in [1.29, 1.82) is 0 Å². The van der Waals surface area contributed by atoms with Crippen LogP contribution in [0.3, 0.4) is 0 Å². The number of rotatable bonds is 6. The molecule has 0 spiro atoms. The molecule has 1 saturated carbocycles. The molecule has 8 heteroatoms. The number of amides is 2. The Morgan fingerprint density at radius 2 is 1.56 bits per heavy atom. The quantitative estimate of drug-likeness (QED) is 0.655. The third-order valence-electron chi connectivity index (χ3n) is 7.24. The van der Waals surface area contributed by atoms with E-state index in [1.807, 2.05) is 40.1 Å². The number of carbonyl (C=O) groups excluding carboxylic acids is 2. The first-order valence-electron chi connectivity index (χ1n) is 12.4. The van der Waals surface area contributed by atoms with Gasteiger partial charge >= 0.3 is 0 Å². The van der Waals surface area contributed by atoms with E-state index in [1.165, 1.54) is 19.3 Å². The Balaban J connectivity index is 1.11. The van der Waals surface area contributed by atoms with Crippen LogP contribution >= 0.6 is 0 Å². The predicted octanol–water partition coefficient (Wildman–Crippen LogP) is 2.33. The largest absolute Gasteiger partial charge is 0.438 e. The molecule has 2 saturated heterocycles. The van der Waals surface area contributed by atoms with Crippen LogP contribution in [0.4, 0.5) is 0 Å². The second-order valence-electron chi connectivity index (χ2n) is 9.34. The second kappa shape index (κ2) is 10.5. The fourth-order valence-electron chi connectivity index (χ4n) is 4.89. The van der Waals surface area contributed by atoms with Crippen LogP contribution < -0.4 is 4.74 Å². The number of piperazine rings is 2. The van der Waals surface area contributed by atoms with Gasteiger partial charge in [-0.05, 0) is 37.1 Å². The lowest BCUT2D eigenvalue weighted by Crippen LogP contribution is -2.56. The van der Waals surface area contributed by atoms with E-state index in [0.29, 0.717) is 49.9 Å². The SMILES string of the molecule is O=C(CN1CCN(C(=O)c2cccnc2Oc2ccccc2)CC1)N1CCN(C2CCC2)CC1. The lowest BCUT2D eigenvalue weighted by atomic mass is 9.91. The zero-order valence-corrected chi connectivity index (χ0v) is 19.6. The maximum Gasteiger partial charge on any atom is 0.259 e. The molecule has 0 atom stereocenters. The molecule has 5 rings (SSSR count). The Hall–Kier alpha value is -2.97. The smallest absolute Gasteiger partial charge is 0.259 e. The normalized spacial score (nSPS) is 20.1. The molecule has 2 amide bonds. The Labute approximate surface area is 201 Å². The molecule has 0 N–H and O–H groups in total. The van der Waals surface area contributed by atoms with Gasteiger partial charge < -0.3 is 14.5 Å². The second-order valence-corrected chi connectivity index (χ2v) is 9.34. The van der Waals surface area contributed by atoms with Crippen molar-refractivity contribution in [2.45, 2.75) is 25.3 Å². The monoisotopic (exact) mass is 463 g/mol. The Kier molecular flexibility index (Phi) is 7.06. The van der Waals surface area contributed by atoms with Gasteiger partial charge in [-0.2, -0.15) is 0 Å². The standard InChI is InChI=1S/C26H33N5O3/c32-24(30-18-16-29(17-19-30)21-6-4-7-21)20-28-12-14-31(15-13-28)26(33)23-10-5-11-27-25(23)34-22-8-2-1-3-9-22/h1-3,5,8-11,21H,4,6-7,12-20H2. The minimum absolute atomic E-state index is 0.0860. The van der Waals surface area contributed by atoms with Gasteiger partial charge in [0.25, 0.3) is 5.91 Å². The molecular weight excluding hydrogens is 430 g/mol. The maximum atomic E-state index is 13.2. The zero-order valence-electron chi connectivity index (χ0n) is 19.6. The van der Waals surface area contributed by atoms with Crippen molar-refractivity contribution in [1.82, 2.24) is 24.6 Å². The Morgan fingerprint density at radius 1 is 0.853 bits per heavy atom. The van der Waals surface area contributed by atoms with Gasteiger partial charge in [-0.3, -0.25) is 19.4 Å². The molecule has 2 aromatic rings. The van der Waals surface area contributed by atoms with Crippen molar-refractivity contribution >= 4 is 11.8 Å². The molecule has 0 radical (unpaired) electrons. The van der Waals surface area contributed by atoms with Gasteiger partial charge in [-0.1, -0.05) is 24.6 Å². The van der Waals surface area contributed by atoms with E-state index in [9.17, 15) is 9.59 Å². The number of benzene rings is 1. The summed E-state index contributed by atoms with van der Waals surface area (Å²) in [6, 6.07) is 13.6. The van der Waals surface area contributed by atoms with Crippen LogP contribution in [0.1, 0.15) is 29.6 Å². The number of para-hydroxylation sites is 1. The number of carbonyl (C=O) groups is 2. The number of ether oxygens (including phenoxy) is 1. The van der Waals surface area contributed by atoms with E-state index in [4.69, 9.17) is 4.74 Å². The molecule has 1 aromatic carbocycles. The molecule has 0 unspecified atom stereocenters. The molecule has 8 nitrogen and oxygen atoms in total. The van der Waals surface area contributed by atoms with Gasteiger partial charge in [-0.25, -0.2) is 4.98 Å². The number of hydrogen-bond donors (Lipinski definition) is 0. The van der Waals surface area contributed by atoms with Gasteiger partial charge in [-0.15, -0.1) is 0 Å². The highest BCUT2D eigenvalue weighted by Gasteiger charge is 2.31. The third kappa shape index (κ3) is 5.23. The van der Waals surface area contributed by atoms with Crippen molar-refractivity contribution in [2.75, 3.05) is 58.9 Å². The van der Waals surface area contributed by atoms with E-state index >= 15 is 0 Å². The molecule has 34 heavy (non-hydrogen) atoms. The molecule has 1 aliphatic carbocycles. The molecule has 3 aliphatic rings. The molecule has 3 heterocycles. The minimum Gasteiger partial charge on any atom is -0.438 e. The van der Waals surface area contributed by atoms with Crippen LogP contribution in [-0.2, 0) is 4.79 Å². The molecule has 0 bridgehead atoms. The van der Waals surface area contributed by atoms with Crippen LogP contribution in [-0.4, -0.2) is 101 Å². The molecule has 180 valence electrons. The third-order valence-corrected chi connectivity index (χ3v) is 7.24. The van der Waals surface area contributed by atoms with E-state index < -0.39 is 0 Å². The first-order valence-corrected chi connectivity index (χ1v) is 12.4. The first-order chi connectivity index (χ1) is 16.7. The summed E-state index contributed by atoms with van der Waals surface area (Å²) in [4.78, 5) is 38.9. The molecule has 3 fully saturated rings. The van der Waals surface area contributed by atoms with Crippen molar-refractivity contribution in [3.05, 3.63) is 54.2 Å². The van der Waals surface area contributed by atoms with Crippen molar-refractivity contribution in [3.63, 3.8) is 0 Å². The lowest BCUT2D eigenvalue weighted by Gasteiger charge is -2.43. The molecular formula is C26H33N5O3. The average molecular weight is 464 g/mol. The van der Waals surface area contributed by atoms with E-state index in [-0.39, 0.29) is 11.8 Å². The van der Waals surface area contributed by atoms with Gasteiger partial charge in [0, 0.05) is 64.6 Å². The van der Waals surface area contributed by atoms with E-state index in [0.717, 1.165) is 32.2 Å². The van der Waals surface area contributed by atoms with Crippen LogP contribution in [0.25, 0.3) is 0 Å². The summed E-state index contributed by atoms with van der Waals surface area (Å²) in [6.07, 6.45) is 5.61. The highest BCUT2D eigenvalue weighted by atomic mass is 16.5. The van der Waals surface area contributed by atoms with Crippen molar-refractivity contribution < 1.29 is 14.3 Å². The Morgan fingerprint density at radius 3 is 2.24 bits per heavy atom. The number of hydrogen-bond acceptors (Lipinski definition) is 6.